The molecule has 0 N–H and O–H groups in total. The minimum atomic E-state index is -0.311. The summed E-state index contributed by atoms with van der Waals surface area (Å²) in [5.41, 5.74) is 0. The highest BCUT2D eigenvalue weighted by atomic mass is 16.5. The van der Waals surface area contributed by atoms with Crippen molar-refractivity contribution < 1.29 is 14.3 Å². The van der Waals surface area contributed by atoms with Crippen molar-refractivity contribution in [1.29, 1.82) is 0 Å². The smallest absolute Gasteiger partial charge is 0.254 e. The van der Waals surface area contributed by atoms with Crippen molar-refractivity contribution in [1.82, 2.24) is 19.6 Å². The van der Waals surface area contributed by atoms with Crippen LogP contribution in [0.1, 0.15) is 33.1 Å². The zero-order valence-electron chi connectivity index (χ0n) is 15.3. The van der Waals surface area contributed by atoms with Gasteiger partial charge in [-0.3, -0.25) is 14.3 Å². The Morgan fingerprint density at radius 2 is 2.08 bits per heavy atom. The van der Waals surface area contributed by atoms with E-state index in [2.05, 4.69) is 5.10 Å². The molecule has 138 valence electrons. The Labute approximate surface area is 148 Å². The molecule has 2 aliphatic heterocycles. The number of aromatic nitrogens is 2. The first-order valence-electron chi connectivity index (χ1n) is 9.13. The molecule has 7 heteroatoms. The first kappa shape index (κ1) is 17.9. The first-order valence-corrected chi connectivity index (χ1v) is 9.13. The van der Waals surface area contributed by atoms with Gasteiger partial charge < -0.3 is 14.5 Å². The van der Waals surface area contributed by atoms with E-state index >= 15 is 0 Å². The second-order valence-corrected chi connectivity index (χ2v) is 7.22. The molecule has 7 nitrogen and oxygen atoms in total. The van der Waals surface area contributed by atoms with Gasteiger partial charge in [0.1, 0.15) is 0 Å². The van der Waals surface area contributed by atoms with Crippen molar-refractivity contribution >= 4 is 11.8 Å². The van der Waals surface area contributed by atoms with Gasteiger partial charge in [0.2, 0.25) is 5.91 Å². The molecule has 2 aliphatic rings. The van der Waals surface area contributed by atoms with E-state index in [0.717, 1.165) is 25.9 Å². The van der Waals surface area contributed by atoms with Crippen LogP contribution in [-0.4, -0.2) is 69.8 Å². The number of carbonyl (C=O) groups excluding carboxylic acids is 2. The third kappa shape index (κ3) is 3.56. The van der Waals surface area contributed by atoms with Gasteiger partial charge >= 0.3 is 0 Å². The Kier molecular flexibility index (Phi) is 5.42. The second kappa shape index (κ2) is 7.56. The van der Waals surface area contributed by atoms with E-state index in [9.17, 15) is 9.59 Å². The summed E-state index contributed by atoms with van der Waals surface area (Å²) in [7, 11) is 1.61. The number of likely N-dealkylation sites (tertiary alicyclic amines) is 2. The zero-order chi connectivity index (χ0) is 18.0. The molecule has 0 aliphatic carbocycles. The molecule has 0 radical (unpaired) electrons. The summed E-state index contributed by atoms with van der Waals surface area (Å²) in [5.74, 6) is 0.683. The summed E-state index contributed by atoms with van der Waals surface area (Å²) in [4.78, 5) is 28.5. The van der Waals surface area contributed by atoms with Crippen molar-refractivity contribution in [3.63, 3.8) is 0 Å². The Hall–Kier alpha value is -1.89. The summed E-state index contributed by atoms with van der Waals surface area (Å²) in [6, 6.07) is 2.21. The number of aryl methyl sites for hydroxylation is 1. The Balaban J connectivity index is 1.51. The number of hydrogen-bond donors (Lipinski definition) is 0. The van der Waals surface area contributed by atoms with Gasteiger partial charge in [0.05, 0.1) is 6.04 Å². The maximum Gasteiger partial charge on any atom is 0.254 e. The average molecular weight is 348 g/mol. The van der Waals surface area contributed by atoms with Gasteiger partial charge in [-0.1, -0.05) is 0 Å². The molecule has 3 rings (SSSR count). The van der Waals surface area contributed by atoms with E-state index < -0.39 is 0 Å². The summed E-state index contributed by atoms with van der Waals surface area (Å²) in [5, 5.41) is 4.13. The van der Waals surface area contributed by atoms with Crippen LogP contribution in [0.4, 0.5) is 0 Å². The number of β-lactam (4-membered cyclic amide) rings is 1. The fraction of sp³-hybridized carbons (Fsp3) is 0.722. The van der Waals surface area contributed by atoms with E-state index in [-0.39, 0.29) is 30.0 Å². The number of hydrogen-bond acceptors (Lipinski definition) is 4. The van der Waals surface area contributed by atoms with Gasteiger partial charge in [-0.15, -0.1) is 0 Å². The van der Waals surface area contributed by atoms with Crippen LogP contribution in [0.15, 0.2) is 18.5 Å². The molecule has 1 aromatic rings. The lowest BCUT2D eigenvalue weighted by Gasteiger charge is -2.53. The van der Waals surface area contributed by atoms with Gasteiger partial charge in [0.25, 0.3) is 5.91 Å². The number of methoxy groups -OCH3 is 1. The molecule has 1 aromatic heterocycles. The van der Waals surface area contributed by atoms with Crippen LogP contribution in [0.25, 0.3) is 0 Å². The Morgan fingerprint density at radius 1 is 1.36 bits per heavy atom. The highest BCUT2D eigenvalue weighted by Crippen LogP contribution is 2.36. The van der Waals surface area contributed by atoms with Crippen LogP contribution < -0.4 is 0 Å². The molecule has 2 amide bonds. The molecule has 2 saturated heterocycles. The van der Waals surface area contributed by atoms with Crippen LogP contribution in [0.3, 0.4) is 0 Å². The standard InChI is InChI=1S/C18H28N4O3/c1-13(2)22-16(17(25-3)18(22)24)14-5-10-20(11-6-14)15(23)7-12-21-9-4-8-19-21/h4,8-9,13-14,16-17H,5-7,10-12H2,1-3H3/t16-,17+/m0/s1. The van der Waals surface area contributed by atoms with E-state index in [1.807, 2.05) is 35.9 Å². The predicted molar refractivity (Wildman–Crippen MR) is 92.7 cm³/mol. The first-order chi connectivity index (χ1) is 12.0. The number of nitrogens with zero attached hydrogens (tertiary/aromatic N) is 4. The minimum Gasteiger partial charge on any atom is -0.369 e. The molecular formula is C18H28N4O3. The lowest BCUT2D eigenvalue weighted by molar-refractivity contribution is -0.182. The number of amides is 2. The predicted octanol–water partition coefficient (Wildman–Crippen LogP) is 1.15. The van der Waals surface area contributed by atoms with E-state index in [4.69, 9.17) is 4.74 Å². The van der Waals surface area contributed by atoms with Crippen molar-refractivity contribution in [2.45, 2.75) is 57.8 Å². The van der Waals surface area contributed by atoms with Crippen LogP contribution in [-0.2, 0) is 20.9 Å². The fourth-order valence-corrected chi connectivity index (χ4v) is 4.11. The number of carbonyl (C=O) groups is 2. The monoisotopic (exact) mass is 348 g/mol. The molecule has 0 aromatic carbocycles. The average Bonchev–Trinajstić information content (AvgIpc) is 3.11. The summed E-state index contributed by atoms with van der Waals surface area (Å²) in [6.07, 6.45) is 5.62. The molecule has 0 unspecified atom stereocenters. The number of ether oxygens (including phenoxy) is 1. The van der Waals surface area contributed by atoms with Gasteiger partial charge in [-0.05, 0) is 38.7 Å². The van der Waals surface area contributed by atoms with E-state index in [0.29, 0.717) is 18.9 Å². The largest absolute Gasteiger partial charge is 0.369 e. The summed E-state index contributed by atoms with van der Waals surface area (Å²) < 4.78 is 7.20. The van der Waals surface area contributed by atoms with Crippen LogP contribution in [0.2, 0.25) is 0 Å². The molecule has 2 atom stereocenters. The molecule has 25 heavy (non-hydrogen) atoms. The van der Waals surface area contributed by atoms with E-state index in [1.54, 1.807) is 18.0 Å². The lowest BCUT2D eigenvalue weighted by Crippen LogP contribution is -2.70. The third-order valence-electron chi connectivity index (χ3n) is 5.43. The molecule has 0 bridgehead atoms. The molecule has 2 fully saturated rings. The van der Waals surface area contributed by atoms with E-state index in [1.165, 1.54) is 0 Å². The van der Waals surface area contributed by atoms with Crippen LogP contribution in [0.5, 0.6) is 0 Å². The molecule has 0 spiro atoms. The Morgan fingerprint density at radius 3 is 2.64 bits per heavy atom. The maximum absolute atomic E-state index is 12.4. The van der Waals surface area contributed by atoms with Gasteiger partial charge in [0.15, 0.2) is 6.10 Å². The van der Waals surface area contributed by atoms with Crippen LogP contribution in [0, 0.1) is 5.92 Å². The van der Waals surface area contributed by atoms with Gasteiger partial charge in [0, 0.05) is 51.6 Å². The van der Waals surface area contributed by atoms with Crippen molar-refractivity contribution in [3.05, 3.63) is 18.5 Å². The summed E-state index contributed by atoms with van der Waals surface area (Å²) >= 11 is 0. The van der Waals surface area contributed by atoms with Gasteiger partial charge in [-0.25, -0.2) is 0 Å². The highest BCUT2D eigenvalue weighted by molar-refractivity contribution is 5.88. The third-order valence-corrected chi connectivity index (χ3v) is 5.43. The molecule has 0 saturated carbocycles. The molecule has 3 heterocycles. The van der Waals surface area contributed by atoms with Gasteiger partial charge in [-0.2, -0.15) is 5.10 Å². The van der Waals surface area contributed by atoms with Crippen molar-refractivity contribution in [3.8, 4) is 0 Å². The topological polar surface area (TPSA) is 67.7 Å². The fourth-order valence-electron chi connectivity index (χ4n) is 4.11. The zero-order valence-corrected chi connectivity index (χ0v) is 15.3. The molecular weight excluding hydrogens is 320 g/mol. The number of piperidine rings is 1. The normalized spacial score (nSPS) is 24.7. The maximum atomic E-state index is 12.4. The SMILES string of the molecule is CO[C@H]1C(=O)N(C(C)C)[C@H]1C1CCN(C(=O)CCn2cccn2)CC1. The minimum absolute atomic E-state index is 0.0974. The Bertz CT molecular complexity index is 593. The van der Waals surface area contributed by atoms with Crippen molar-refractivity contribution in [2.24, 2.45) is 5.92 Å². The van der Waals surface area contributed by atoms with Crippen molar-refractivity contribution in [2.75, 3.05) is 20.2 Å². The second-order valence-electron chi connectivity index (χ2n) is 7.22. The quantitative estimate of drug-likeness (QED) is 0.723. The summed E-state index contributed by atoms with van der Waals surface area (Å²) in [6.45, 7) is 6.23. The number of rotatable bonds is 6. The highest BCUT2D eigenvalue weighted by Gasteiger charge is 2.52. The lowest BCUT2D eigenvalue weighted by atomic mass is 9.79. The van der Waals surface area contributed by atoms with Crippen LogP contribution >= 0.6 is 0 Å².